The van der Waals surface area contributed by atoms with Gasteiger partial charge in [0.15, 0.2) is 0 Å². The highest BCUT2D eigenvalue weighted by atomic mass is 35.5. The zero-order chi connectivity index (χ0) is 21.7. The summed E-state index contributed by atoms with van der Waals surface area (Å²) in [5.41, 5.74) is 5.29. The molecule has 2 aromatic carbocycles. The van der Waals surface area contributed by atoms with Crippen LogP contribution in [0.3, 0.4) is 0 Å². The van der Waals surface area contributed by atoms with Crippen molar-refractivity contribution in [3.8, 4) is 5.00 Å². The molecule has 0 saturated carbocycles. The van der Waals surface area contributed by atoms with Crippen molar-refractivity contribution >= 4 is 46.2 Å². The number of nitrogens with zero attached hydrogens (tertiary/aromatic N) is 5. The summed E-state index contributed by atoms with van der Waals surface area (Å²) in [6.45, 7) is 6.79. The molecule has 156 valence electrons. The van der Waals surface area contributed by atoms with E-state index in [0.717, 1.165) is 33.2 Å². The average molecular weight is 468 g/mol. The Morgan fingerprint density at radius 2 is 1.52 bits per heavy atom. The molecule has 0 aliphatic carbocycles. The number of aromatic nitrogens is 3. The van der Waals surface area contributed by atoms with Crippen LogP contribution in [0.15, 0.2) is 53.6 Å². The highest BCUT2D eigenvalue weighted by molar-refractivity contribution is 7.15. The van der Waals surface area contributed by atoms with E-state index in [1.807, 2.05) is 60.5 Å². The molecule has 5 rings (SSSR count). The molecule has 2 aromatic heterocycles. The first kappa shape index (κ1) is 20.2. The van der Waals surface area contributed by atoms with Crippen LogP contribution in [0, 0.1) is 20.8 Å². The lowest BCUT2D eigenvalue weighted by Crippen LogP contribution is -2.20. The van der Waals surface area contributed by atoms with Gasteiger partial charge in [0, 0.05) is 26.0 Å². The largest absolute Gasteiger partial charge is 0.254 e. The van der Waals surface area contributed by atoms with Gasteiger partial charge in [-0.1, -0.05) is 47.5 Å². The molecule has 0 spiro atoms. The first-order chi connectivity index (χ1) is 14.9. The molecule has 3 heterocycles. The van der Waals surface area contributed by atoms with Gasteiger partial charge in [0.25, 0.3) is 5.95 Å². The maximum absolute atomic E-state index is 6.16. The first-order valence-electron chi connectivity index (χ1n) is 9.81. The Kier molecular flexibility index (Phi) is 5.08. The molecule has 8 heteroatoms. The molecular formula is C23H19Cl2N5S. The van der Waals surface area contributed by atoms with E-state index in [0.29, 0.717) is 22.5 Å². The Labute approximate surface area is 194 Å². The summed E-state index contributed by atoms with van der Waals surface area (Å²) in [5.74, 6) is 1.52. The molecule has 5 nitrogen and oxygen atoms in total. The van der Waals surface area contributed by atoms with Gasteiger partial charge in [0.05, 0.1) is 6.54 Å². The minimum Gasteiger partial charge on any atom is -0.254 e. The van der Waals surface area contributed by atoms with Crippen molar-refractivity contribution in [1.29, 1.82) is 0 Å². The minimum absolute atomic E-state index is 0.541. The molecule has 0 saturated heterocycles. The standard InChI is InChI=1S/C23H19Cl2N5S/c1-13-14(2)31-22-20(13)21(17-6-10-19(25)11-7-17)28-29(23-27-26-15(3)30(22)23)12-16-4-8-18(24)9-5-16/h4-11H,12H2,1-3H3. The van der Waals surface area contributed by atoms with Crippen LogP contribution in [0.2, 0.25) is 10.0 Å². The predicted molar refractivity (Wildman–Crippen MR) is 128 cm³/mol. The van der Waals surface area contributed by atoms with Crippen molar-refractivity contribution in [3.05, 3.63) is 91.5 Å². The summed E-state index contributed by atoms with van der Waals surface area (Å²) in [4.78, 5) is 1.25. The highest BCUT2D eigenvalue weighted by Crippen LogP contribution is 2.38. The van der Waals surface area contributed by atoms with Crippen LogP contribution >= 0.6 is 34.5 Å². The number of aryl methyl sites for hydroxylation is 2. The number of thiophene rings is 1. The smallest absolute Gasteiger partial charge is 0.253 e. The summed E-state index contributed by atoms with van der Waals surface area (Å²) in [6.07, 6.45) is 0. The van der Waals surface area contributed by atoms with Crippen molar-refractivity contribution in [2.75, 3.05) is 5.01 Å². The number of hydrogen-bond acceptors (Lipinski definition) is 5. The van der Waals surface area contributed by atoms with Gasteiger partial charge in [0.2, 0.25) is 0 Å². The highest BCUT2D eigenvalue weighted by Gasteiger charge is 2.30. The maximum Gasteiger partial charge on any atom is 0.253 e. The summed E-state index contributed by atoms with van der Waals surface area (Å²) < 4.78 is 2.10. The first-order valence-corrected chi connectivity index (χ1v) is 11.4. The second kappa shape index (κ2) is 7.79. The molecule has 0 N–H and O–H groups in total. The number of anilines is 1. The molecule has 4 aromatic rings. The van der Waals surface area contributed by atoms with Crippen LogP contribution in [0.25, 0.3) is 5.00 Å². The van der Waals surface area contributed by atoms with Gasteiger partial charge in [-0.05, 0) is 56.2 Å². The molecular weight excluding hydrogens is 449 g/mol. The van der Waals surface area contributed by atoms with Crippen molar-refractivity contribution in [3.63, 3.8) is 0 Å². The molecule has 1 aliphatic rings. The van der Waals surface area contributed by atoms with E-state index in [-0.39, 0.29) is 0 Å². The number of halogens is 2. The van der Waals surface area contributed by atoms with Crippen LogP contribution in [0.1, 0.15) is 33.0 Å². The summed E-state index contributed by atoms with van der Waals surface area (Å²) in [6, 6.07) is 15.6. The lowest BCUT2D eigenvalue weighted by Gasteiger charge is -2.18. The lowest BCUT2D eigenvalue weighted by atomic mass is 10.00. The number of benzene rings is 2. The Morgan fingerprint density at radius 1 is 0.871 bits per heavy atom. The molecule has 0 atom stereocenters. The van der Waals surface area contributed by atoms with Crippen molar-refractivity contribution in [2.45, 2.75) is 27.3 Å². The van der Waals surface area contributed by atoms with Gasteiger partial charge in [0.1, 0.15) is 16.5 Å². The third kappa shape index (κ3) is 3.55. The van der Waals surface area contributed by atoms with Gasteiger partial charge in [-0.2, -0.15) is 5.10 Å². The zero-order valence-corrected chi connectivity index (χ0v) is 19.6. The third-order valence-electron chi connectivity index (χ3n) is 5.43. The monoisotopic (exact) mass is 467 g/mol. The number of hydrogen-bond donors (Lipinski definition) is 0. The molecule has 0 unspecified atom stereocenters. The quantitative estimate of drug-likeness (QED) is 0.353. The minimum atomic E-state index is 0.541. The van der Waals surface area contributed by atoms with Gasteiger partial charge in [-0.25, -0.2) is 5.01 Å². The van der Waals surface area contributed by atoms with Gasteiger partial charge < -0.3 is 0 Å². The third-order valence-corrected chi connectivity index (χ3v) is 7.13. The fourth-order valence-corrected chi connectivity index (χ4v) is 5.15. The SMILES string of the molecule is Cc1sc2c(c1C)C(c1ccc(Cl)cc1)=NN(Cc1ccc(Cl)cc1)c1nnc(C)n1-2. The maximum atomic E-state index is 6.16. The molecule has 0 fully saturated rings. The van der Waals surface area contributed by atoms with E-state index < -0.39 is 0 Å². The van der Waals surface area contributed by atoms with Gasteiger partial charge in [-0.15, -0.1) is 21.5 Å². The van der Waals surface area contributed by atoms with Gasteiger partial charge >= 0.3 is 0 Å². The summed E-state index contributed by atoms with van der Waals surface area (Å²) >= 11 is 14.0. The topological polar surface area (TPSA) is 46.3 Å². The van der Waals surface area contributed by atoms with E-state index in [4.69, 9.17) is 28.3 Å². The van der Waals surface area contributed by atoms with Crippen molar-refractivity contribution < 1.29 is 0 Å². The van der Waals surface area contributed by atoms with E-state index >= 15 is 0 Å². The molecule has 1 aliphatic heterocycles. The van der Waals surface area contributed by atoms with E-state index in [2.05, 4.69) is 28.6 Å². The second-order valence-electron chi connectivity index (χ2n) is 7.49. The van der Waals surface area contributed by atoms with Crippen molar-refractivity contribution in [1.82, 2.24) is 14.8 Å². The Balaban J connectivity index is 1.74. The fraction of sp³-hybridized carbons (Fsp3) is 0.174. The Morgan fingerprint density at radius 3 is 2.19 bits per heavy atom. The molecule has 0 amide bonds. The van der Waals surface area contributed by atoms with E-state index in [1.165, 1.54) is 10.4 Å². The number of rotatable bonds is 3. The van der Waals surface area contributed by atoms with Gasteiger partial charge in [-0.3, -0.25) is 4.57 Å². The molecule has 0 radical (unpaired) electrons. The summed E-state index contributed by atoms with van der Waals surface area (Å²) in [7, 11) is 0. The zero-order valence-electron chi connectivity index (χ0n) is 17.2. The summed E-state index contributed by atoms with van der Waals surface area (Å²) in [5, 5.41) is 18.4. The van der Waals surface area contributed by atoms with Crippen molar-refractivity contribution in [2.24, 2.45) is 5.10 Å². The lowest BCUT2D eigenvalue weighted by molar-refractivity contribution is 0.798. The normalized spacial score (nSPS) is 12.9. The fourth-order valence-electron chi connectivity index (χ4n) is 3.70. The van der Waals surface area contributed by atoms with Crippen LogP contribution in [-0.4, -0.2) is 20.5 Å². The van der Waals surface area contributed by atoms with Crippen LogP contribution in [-0.2, 0) is 6.54 Å². The Hall–Kier alpha value is -2.67. The van der Waals surface area contributed by atoms with E-state index in [9.17, 15) is 0 Å². The number of fused-ring (bicyclic) bond motifs is 3. The van der Waals surface area contributed by atoms with Crippen LogP contribution < -0.4 is 5.01 Å². The Bertz CT molecular complexity index is 1300. The van der Waals surface area contributed by atoms with Crippen LogP contribution in [0.5, 0.6) is 0 Å². The average Bonchev–Trinajstić information content (AvgIpc) is 3.23. The van der Waals surface area contributed by atoms with E-state index in [1.54, 1.807) is 11.3 Å². The second-order valence-corrected chi connectivity index (χ2v) is 9.56. The molecule has 0 bridgehead atoms. The predicted octanol–water partition coefficient (Wildman–Crippen LogP) is 6.33. The number of hydrazone groups is 1. The molecule has 31 heavy (non-hydrogen) atoms. The van der Waals surface area contributed by atoms with Crippen LogP contribution in [0.4, 0.5) is 5.95 Å².